The fourth-order valence-electron chi connectivity index (χ4n) is 3.48. The second-order valence-corrected chi connectivity index (χ2v) is 8.31. The van der Waals surface area contributed by atoms with Gasteiger partial charge in [0.25, 0.3) is 17.5 Å². The van der Waals surface area contributed by atoms with Gasteiger partial charge in [0, 0.05) is 30.2 Å². The van der Waals surface area contributed by atoms with Crippen LogP contribution in [0, 0.1) is 17.0 Å². The third kappa shape index (κ3) is 5.59. The van der Waals surface area contributed by atoms with Gasteiger partial charge >= 0.3 is 0 Å². The minimum atomic E-state index is -0.469. The number of hydrogen-bond acceptors (Lipinski definition) is 7. The maximum absolute atomic E-state index is 12.8. The van der Waals surface area contributed by atoms with Crippen molar-refractivity contribution in [2.75, 3.05) is 32.2 Å². The maximum Gasteiger partial charge on any atom is 0.272 e. The van der Waals surface area contributed by atoms with Crippen LogP contribution in [0.2, 0.25) is 0 Å². The highest BCUT2D eigenvalue weighted by molar-refractivity contribution is 7.17. The lowest BCUT2D eigenvalue weighted by Gasteiger charge is -2.13. The lowest BCUT2D eigenvalue weighted by atomic mass is 9.95. The number of methoxy groups -OCH3 is 1. The first-order valence-electron chi connectivity index (χ1n) is 10.00. The van der Waals surface area contributed by atoms with E-state index in [4.69, 9.17) is 9.47 Å². The number of carbonyl (C=O) groups excluding carboxylic acids is 2. The Hall–Kier alpha value is -2.98. The number of hydrogen-bond donors (Lipinski definition) is 2. The highest BCUT2D eigenvalue weighted by Gasteiger charge is 2.26. The van der Waals surface area contributed by atoms with E-state index in [2.05, 4.69) is 10.6 Å². The number of benzene rings is 1. The Kier molecular flexibility index (Phi) is 7.59. The molecule has 10 heteroatoms. The summed E-state index contributed by atoms with van der Waals surface area (Å²) in [7, 11) is 1.57. The van der Waals surface area contributed by atoms with Gasteiger partial charge in [-0.3, -0.25) is 19.7 Å². The summed E-state index contributed by atoms with van der Waals surface area (Å²) in [6.45, 7) is 2.12. The number of thiophene rings is 1. The minimum Gasteiger partial charge on any atom is -0.484 e. The first kappa shape index (κ1) is 22.7. The molecule has 0 bridgehead atoms. The molecule has 2 amide bonds. The van der Waals surface area contributed by atoms with Gasteiger partial charge in [-0.1, -0.05) is 0 Å². The van der Waals surface area contributed by atoms with Gasteiger partial charge in [-0.15, -0.1) is 11.3 Å². The second kappa shape index (κ2) is 10.4. The van der Waals surface area contributed by atoms with Crippen molar-refractivity contribution in [1.29, 1.82) is 0 Å². The fourth-order valence-corrected chi connectivity index (χ4v) is 4.79. The predicted octanol–water partition coefficient (Wildman–Crippen LogP) is 3.24. The highest BCUT2D eigenvalue weighted by Crippen LogP contribution is 2.38. The number of carbonyl (C=O) groups is 2. The van der Waals surface area contributed by atoms with Gasteiger partial charge < -0.3 is 20.1 Å². The summed E-state index contributed by atoms with van der Waals surface area (Å²) < 4.78 is 10.5. The summed E-state index contributed by atoms with van der Waals surface area (Å²) in [6.07, 6.45) is 3.78. The van der Waals surface area contributed by atoms with Crippen molar-refractivity contribution in [2.24, 2.45) is 0 Å². The topological polar surface area (TPSA) is 120 Å². The number of nitro groups is 1. The summed E-state index contributed by atoms with van der Waals surface area (Å²) in [6, 6.07) is 4.32. The van der Waals surface area contributed by atoms with E-state index in [0.717, 1.165) is 36.1 Å². The molecular weight excluding hydrogens is 422 g/mol. The van der Waals surface area contributed by atoms with E-state index in [-0.39, 0.29) is 18.2 Å². The van der Waals surface area contributed by atoms with Gasteiger partial charge in [-0.05, 0) is 50.3 Å². The Morgan fingerprint density at radius 2 is 2.03 bits per heavy atom. The van der Waals surface area contributed by atoms with Crippen molar-refractivity contribution in [2.45, 2.75) is 32.6 Å². The monoisotopic (exact) mass is 447 g/mol. The second-order valence-electron chi connectivity index (χ2n) is 7.21. The summed E-state index contributed by atoms with van der Waals surface area (Å²) in [5, 5.41) is 17.1. The number of aryl methyl sites for hydroxylation is 2. The lowest BCUT2D eigenvalue weighted by molar-refractivity contribution is -0.385. The number of anilines is 1. The van der Waals surface area contributed by atoms with E-state index < -0.39 is 10.8 Å². The largest absolute Gasteiger partial charge is 0.484 e. The number of fused-ring (bicyclic) bond motifs is 1. The zero-order valence-electron chi connectivity index (χ0n) is 17.5. The van der Waals surface area contributed by atoms with Crippen molar-refractivity contribution in [1.82, 2.24) is 5.32 Å². The van der Waals surface area contributed by atoms with Crippen molar-refractivity contribution in [3.63, 3.8) is 0 Å². The van der Waals surface area contributed by atoms with Crippen LogP contribution in [0.15, 0.2) is 18.2 Å². The van der Waals surface area contributed by atoms with E-state index in [1.54, 1.807) is 14.0 Å². The number of amides is 2. The number of nitro benzene ring substituents is 1. The van der Waals surface area contributed by atoms with Crippen LogP contribution in [0.5, 0.6) is 5.75 Å². The van der Waals surface area contributed by atoms with Gasteiger partial charge in [0.15, 0.2) is 6.61 Å². The van der Waals surface area contributed by atoms with Crippen LogP contribution in [-0.2, 0) is 22.4 Å². The lowest BCUT2D eigenvalue weighted by Crippen LogP contribution is -2.29. The molecule has 1 aromatic carbocycles. The summed E-state index contributed by atoms with van der Waals surface area (Å²) in [4.78, 5) is 36.8. The third-order valence-electron chi connectivity index (χ3n) is 4.98. The Morgan fingerprint density at radius 3 is 2.74 bits per heavy atom. The molecule has 0 saturated heterocycles. The van der Waals surface area contributed by atoms with Crippen LogP contribution in [0.4, 0.5) is 10.7 Å². The molecule has 0 radical (unpaired) electrons. The first-order valence-corrected chi connectivity index (χ1v) is 10.8. The smallest absolute Gasteiger partial charge is 0.272 e. The molecule has 0 saturated carbocycles. The summed E-state index contributed by atoms with van der Waals surface area (Å²) in [5.74, 6) is -0.263. The molecule has 0 unspecified atom stereocenters. The molecule has 31 heavy (non-hydrogen) atoms. The van der Waals surface area contributed by atoms with Gasteiger partial charge in [-0.25, -0.2) is 0 Å². The van der Waals surface area contributed by atoms with Crippen LogP contribution in [0.25, 0.3) is 0 Å². The maximum atomic E-state index is 12.8. The van der Waals surface area contributed by atoms with Crippen LogP contribution in [-0.4, -0.2) is 43.6 Å². The Balaban J connectivity index is 1.69. The van der Waals surface area contributed by atoms with Gasteiger partial charge in [0.2, 0.25) is 0 Å². The van der Waals surface area contributed by atoms with Crippen molar-refractivity contribution < 1.29 is 24.0 Å². The van der Waals surface area contributed by atoms with Crippen molar-refractivity contribution in [3.05, 3.63) is 49.9 Å². The number of nitrogens with zero attached hydrogens (tertiary/aromatic N) is 1. The average Bonchev–Trinajstić information content (AvgIpc) is 3.10. The molecule has 0 fully saturated rings. The Bertz CT molecular complexity index is 988. The molecule has 0 spiro atoms. The summed E-state index contributed by atoms with van der Waals surface area (Å²) >= 11 is 1.43. The predicted molar refractivity (Wildman–Crippen MR) is 117 cm³/mol. The minimum absolute atomic E-state index is 0.00917. The average molecular weight is 448 g/mol. The number of ether oxygens (including phenoxy) is 2. The standard InChI is InChI=1S/C21H25N3O6S/c1-13-11-14(7-8-16(13)24(27)28)30-12-18(25)23-21-19(20(26)22-9-10-29-2)15-5-3-4-6-17(15)31-21/h7-8,11H,3-6,9-10,12H2,1-2H3,(H,22,26)(H,23,25). The molecule has 1 heterocycles. The quantitative estimate of drug-likeness (QED) is 0.346. The van der Waals surface area contributed by atoms with E-state index in [1.165, 1.54) is 29.5 Å². The van der Waals surface area contributed by atoms with Gasteiger partial charge in [0.1, 0.15) is 10.8 Å². The molecule has 9 nitrogen and oxygen atoms in total. The Labute approximate surface area is 183 Å². The zero-order valence-corrected chi connectivity index (χ0v) is 18.3. The molecule has 166 valence electrons. The van der Waals surface area contributed by atoms with Crippen LogP contribution in [0.1, 0.15) is 39.2 Å². The molecule has 2 aromatic rings. The summed E-state index contributed by atoms with van der Waals surface area (Å²) in [5.41, 5.74) is 1.97. The molecule has 3 rings (SSSR count). The van der Waals surface area contributed by atoms with Crippen molar-refractivity contribution >= 4 is 33.8 Å². The van der Waals surface area contributed by atoms with E-state index >= 15 is 0 Å². The van der Waals surface area contributed by atoms with Crippen LogP contribution in [0.3, 0.4) is 0 Å². The van der Waals surface area contributed by atoms with Gasteiger partial charge in [-0.2, -0.15) is 0 Å². The number of nitrogens with one attached hydrogen (secondary N) is 2. The van der Waals surface area contributed by atoms with E-state index in [0.29, 0.717) is 35.0 Å². The van der Waals surface area contributed by atoms with Crippen LogP contribution < -0.4 is 15.4 Å². The molecule has 1 aromatic heterocycles. The van der Waals surface area contributed by atoms with Crippen molar-refractivity contribution in [3.8, 4) is 5.75 Å². The molecule has 2 N–H and O–H groups in total. The van der Waals surface area contributed by atoms with Gasteiger partial charge in [0.05, 0.1) is 17.1 Å². The third-order valence-corrected chi connectivity index (χ3v) is 6.19. The highest BCUT2D eigenvalue weighted by atomic mass is 32.1. The fraction of sp³-hybridized carbons (Fsp3) is 0.429. The normalized spacial score (nSPS) is 12.7. The molecule has 0 atom stereocenters. The SMILES string of the molecule is COCCNC(=O)c1c(NC(=O)COc2ccc([N+](=O)[O-])c(C)c2)sc2c1CCCC2. The first-order chi connectivity index (χ1) is 14.9. The molecule has 1 aliphatic carbocycles. The molecular formula is C21H25N3O6S. The Morgan fingerprint density at radius 1 is 1.26 bits per heavy atom. The van der Waals surface area contributed by atoms with E-state index in [9.17, 15) is 19.7 Å². The van der Waals surface area contributed by atoms with E-state index in [1.807, 2.05) is 0 Å². The van der Waals surface area contributed by atoms with Crippen LogP contribution >= 0.6 is 11.3 Å². The molecule has 1 aliphatic rings. The molecule has 0 aliphatic heterocycles. The zero-order chi connectivity index (χ0) is 22.4. The number of rotatable bonds is 9.